The van der Waals surface area contributed by atoms with E-state index in [0.29, 0.717) is 17.1 Å². The van der Waals surface area contributed by atoms with Gasteiger partial charge in [0.15, 0.2) is 11.5 Å². The van der Waals surface area contributed by atoms with Crippen LogP contribution in [0.25, 0.3) is 0 Å². The lowest BCUT2D eigenvalue weighted by Gasteiger charge is -2.08. The number of amides is 1. The zero-order valence-corrected chi connectivity index (χ0v) is 13.1. The molecule has 0 aliphatic carbocycles. The van der Waals surface area contributed by atoms with Gasteiger partial charge in [0.1, 0.15) is 0 Å². The molecule has 0 saturated carbocycles. The van der Waals surface area contributed by atoms with Gasteiger partial charge in [0.05, 0.1) is 30.9 Å². The number of hydrogen-bond donors (Lipinski definition) is 1. The maximum Gasteiger partial charge on any atom is 0.278 e. The standard InChI is InChI=1S/C16H15N3O5/c1-23-14-8-7-11(9-15(14)24-2)16(20)18-17-10-12-5-3-4-6-13(12)19(21)22/h3-10H,1-2H3,(H,18,20)/b17-10+. The second-order valence-electron chi connectivity index (χ2n) is 4.58. The highest BCUT2D eigenvalue weighted by molar-refractivity contribution is 5.95. The molecule has 0 heterocycles. The molecule has 0 bridgehead atoms. The highest BCUT2D eigenvalue weighted by Gasteiger charge is 2.12. The number of carbonyl (C=O) groups is 1. The van der Waals surface area contributed by atoms with Gasteiger partial charge >= 0.3 is 0 Å². The average molecular weight is 329 g/mol. The molecule has 0 saturated heterocycles. The van der Waals surface area contributed by atoms with Gasteiger partial charge in [-0.1, -0.05) is 12.1 Å². The SMILES string of the molecule is COc1ccc(C(=O)N/N=C/c2ccccc2[N+](=O)[O-])cc1OC. The van der Waals surface area contributed by atoms with E-state index in [1.165, 1.54) is 38.6 Å². The van der Waals surface area contributed by atoms with Crippen molar-refractivity contribution in [3.63, 3.8) is 0 Å². The van der Waals surface area contributed by atoms with Gasteiger partial charge in [-0.25, -0.2) is 5.43 Å². The number of nitrogens with one attached hydrogen (secondary N) is 1. The molecule has 0 aliphatic rings. The van der Waals surface area contributed by atoms with Crippen molar-refractivity contribution in [2.24, 2.45) is 5.10 Å². The number of benzene rings is 2. The van der Waals surface area contributed by atoms with Gasteiger partial charge in [-0.2, -0.15) is 5.10 Å². The predicted molar refractivity (Wildman–Crippen MR) is 87.7 cm³/mol. The number of ether oxygens (including phenoxy) is 2. The number of methoxy groups -OCH3 is 2. The van der Waals surface area contributed by atoms with Crippen LogP contribution in [-0.4, -0.2) is 31.3 Å². The summed E-state index contributed by atoms with van der Waals surface area (Å²) in [4.78, 5) is 22.5. The summed E-state index contributed by atoms with van der Waals surface area (Å²) in [5, 5.41) is 14.7. The summed E-state index contributed by atoms with van der Waals surface area (Å²) in [5.74, 6) is 0.427. The highest BCUT2D eigenvalue weighted by Crippen LogP contribution is 2.27. The van der Waals surface area contributed by atoms with Gasteiger partial charge in [-0.15, -0.1) is 0 Å². The van der Waals surface area contributed by atoms with Crippen molar-refractivity contribution in [3.05, 3.63) is 63.7 Å². The van der Waals surface area contributed by atoms with Gasteiger partial charge in [0.25, 0.3) is 11.6 Å². The van der Waals surface area contributed by atoms with Gasteiger partial charge in [-0.05, 0) is 24.3 Å². The molecule has 24 heavy (non-hydrogen) atoms. The summed E-state index contributed by atoms with van der Waals surface area (Å²) in [6.07, 6.45) is 1.22. The van der Waals surface area contributed by atoms with Crippen molar-refractivity contribution in [2.75, 3.05) is 14.2 Å². The Morgan fingerprint density at radius 2 is 1.88 bits per heavy atom. The van der Waals surface area contributed by atoms with E-state index >= 15 is 0 Å². The van der Waals surface area contributed by atoms with E-state index in [0.717, 1.165) is 0 Å². The fraction of sp³-hybridized carbons (Fsp3) is 0.125. The van der Waals surface area contributed by atoms with Crippen molar-refractivity contribution in [1.82, 2.24) is 5.43 Å². The number of nitro benzene ring substituents is 1. The minimum absolute atomic E-state index is 0.0957. The van der Waals surface area contributed by atoms with E-state index in [4.69, 9.17) is 9.47 Å². The van der Waals surface area contributed by atoms with Crippen molar-refractivity contribution in [2.45, 2.75) is 0 Å². The maximum atomic E-state index is 12.1. The summed E-state index contributed by atoms with van der Waals surface area (Å²) in [6, 6.07) is 10.7. The molecule has 0 aromatic heterocycles. The summed E-state index contributed by atoms with van der Waals surface area (Å²) in [7, 11) is 2.96. The topological polar surface area (TPSA) is 103 Å². The lowest BCUT2D eigenvalue weighted by Crippen LogP contribution is -2.17. The normalized spacial score (nSPS) is 10.4. The number of hydrazone groups is 1. The molecule has 2 rings (SSSR count). The third kappa shape index (κ3) is 3.86. The largest absolute Gasteiger partial charge is 0.493 e. The number of para-hydroxylation sites is 1. The van der Waals surface area contributed by atoms with E-state index < -0.39 is 10.8 Å². The number of nitro groups is 1. The van der Waals surface area contributed by atoms with E-state index in [1.54, 1.807) is 24.3 Å². The first kappa shape index (κ1) is 16.9. The van der Waals surface area contributed by atoms with Crippen LogP contribution in [0.2, 0.25) is 0 Å². The van der Waals surface area contributed by atoms with Crippen LogP contribution in [0.5, 0.6) is 11.5 Å². The fourth-order valence-electron chi connectivity index (χ4n) is 1.97. The minimum atomic E-state index is -0.516. The Morgan fingerprint density at radius 3 is 2.54 bits per heavy atom. The summed E-state index contributed by atoms with van der Waals surface area (Å²) in [6.45, 7) is 0. The molecule has 0 aliphatic heterocycles. The molecule has 0 spiro atoms. The summed E-state index contributed by atoms with van der Waals surface area (Å²) < 4.78 is 10.2. The molecule has 2 aromatic carbocycles. The van der Waals surface area contributed by atoms with Crippen LogP contribution in [0.3, 0.4) is 0 Å². The molecule has 8 nitrogen and oxygen atoms in total. The molecule has 0 fully saturated rings. The quantitative estimate of drug-likeness (QED) is 0.498. The molecule has 0 radical (unpaired) electrons. The Bertz CT molecular complexity index is 789. The van der Waals surface area contributed by atoms with Gasteiger partial charge in [0, 0.05) is 11.6 Å². The van der Waals surface area contributed by atoms with Crippen LogP contribution in [-0.2, 0) is 0 Å². The van der Waals surface area contributed by atoms with Crippen molar-refractivity contribution >= 4 is 17.8 Å². The zero-order valence-electron chi connectivity index (χ0n) is 13.1. The third-order valence-corrected chi connectivity index (χ3v) is 3.15. The molecule has 1 amide bonds. The first-order chi connectivity index (χ1) is 11.6. The van der Waals surface area contributed by atoms with Crippen LogP contribution in [0.1, 0.15) is 15.9 Å². The van der Waals surface area contributed by atoms with Crippen LogP contribution in [0, 0.1) is 10.1 Å². The second kappa shape index (κ2) is 7.73. The number of nitrogens with zero attached hydrogens (tertiary/aromatic N) is 2. The van der Waals surface area contributed by atoms with Gasteiger partial charge in [0.2, 0.25) is 0 Å². The number of carbonyl (C=O) groups excluding carboxylic acids is 1. The van der Waals surface area contributed by atoms with E-state index in [1.807, 2.05) is 0 Å². The third-order valence-electron chi connectivity index (χ3n) is 3.15. The molecule has 0 unspecified atom stereocenters. The summed E-state index contributed by atoms with van der Waals surface area (Å²) in [5.41, 5.74) is 2.82. The predicted octanol–water partition coefficient (Wildman–Crippen LogP) is 2.38. The van der Waals surface area contributed by atoms with Crippen molar-refractivity contribution in [3.8, 4) is 11.5 Å². The number of hydrogen-bond acceptors (Lipinski definition) is 6. The molecular formula is C16H15N3O5. The lowest BCUT2D eigenvalue weighted by molar-refractivity contribution is -0.385. The molecule has 2 aromatic rings. The average Bonchev–Trinajstić information content (AvgIpc) is 2.61. The molecule has 8 heteroatoms. The summed E-state index contributed by atoms with van der Waals surface area (Å²) >= 11 is 0. The monoisotopic (exact) mass is 329 g/mol. The van der Waals surface area contributed by atoms with Crippen LogP contribution in [0.15, 0.2) is 47.6 Å². The smallest absolute Gasteiger partial charge is 0.278 e. The van der Waals surface area contributed by atoms with E-state index in [9.17, 15) is 14.9 Å². The first-order valence-electron chi connectivity index (χ1n) is 6.85. The Labute approximate surface area is 137 Å². The highest BCUT2D eigenvalue weighted by atomic mass is 16.6. The number of rotatable bonds is 6. The fourth-order valence-corrected chi connectivity index (χ4v) is 1.97. The molecular weight excluding hydrogens is 314 g/mol. The van der Waals surface area contributed by atoms with Crippen LogP contribution >= 0.6 is 0 Å². The minimum Gasteiger partial charge on any atom is -0.493 e. The Balaban J connectivity index is 2.12. The van der Waals surface area contributed by atoms with Gasteiger partial charge < -0.3 is 9.47 Å². The zero-order chi connectivity index (χ0) is 17.5. The van der Waals surface area contributed by atoms with Crippen LogP contribution in [0.4, 0.5) is 5.69 Å². The van der Waals surface area contributed by atoms with E-state index in [2.05, 4.69) is 10.5 Å². The Kier molecular flexibility index (Phi) is 5.45. The van der Waals surface area contributed by atoms with Crippen LogP contribution < -0.4 is 14.9 Å². The lowest BCUT2D eigenvalue weighted by atomic mass is 10.2. The van der Waals surface area contributed by atoms with E-state index in [-0.39, 0.29) is 11.3 Å². The maximum absolute atomic E-state index is 12.1. The molecule has 1 N–H and O–H groups in total. The Hall–Kier alpha value is -3.42. The first-order valence-corrected chi connectivity index (χ1v) is 6.85. The van der Waals surface area contributed by atoms with Gasteiger partial charge in [-0.3, -0.25) is 14.9 Å². The van der Waals surface area contributed by atoms with Crippen molar-refractivity contribution < 1.29 is 19.2 Å². The molecule has 0 atom stereocenters. The van der Waals surface area contributed by atoms with Crippen molar-refractivity contribution in [1.29, 1.82) is 0 Å². The molecule has 124 valence electrons. The second-order valence-corrected chi connectivity index (χ2v) is 4.58. The Morgan fingerprint density at radius 1 is 1.17 bits per heavy atom.